The van der Waals surface area contributed by atoms with E-state index >= 15 is 0 Å². The van der Waals surface area contributed by atoms with Crippen LogP contribution in [0.15, 0.2) is 55.0 Å². The molecule has 6 N–H and O–H groups in total. The van der Waals surface area contributed by atoms with Gasteiger partial charge in [0.2, 0.25) is 0 Å². The van der Waals surface area contributed by atoms with Crippen LogP contribution in [0.1, 0.15) is 36.2 Å². The molecule has 0 spiro atoms. The van der Waals surface area contributed by atoms with E-state index < -0.39 is 5.97 Å². The molecule has 3 aromatic heterocycles. The standard InChI is InChI=1S/C26H26N8O2.C2H4O2/c1-36-21-12-15(6-7-20(21)32-26(35)18-13-29-19-5-3-2-4-17(18)19)23-22-24(27)30-14-31-25(22)34(33-23)16-8-10-28-11-9-16;1-2(3)4/h2-7,12-14,16,28-29H,8-11H2,1H3,(H,32,35)(H2,27,30,31);1H3,(H,3,4). The monoisotopic (exact) mass is 542 g/mol. The van der Waals surface area contributed by atoms with Gasteiger partial charge in [-0.2, -0.15) is 5.10 Å². The second-order valence-electron chi connectivity index (χ2n) is 9.37. The molecule has 1 fully saturated rings. The fourth-order valence-corrected chi connectivity index (χ4v) is 4.89. The number of benzene rings is 2. The molecule has 0 atom stereocenters. The third kappa shape index (κ3) is 5.29. The summed E-state index contributed by atoms with van der Waals surface area (Å²) in [7, 11) is 1.57. The molecule has 0 aliphatic carbocycles. The zero-order valence-electron chi connectivity index (χ0n) is 22.1. The number of hydrogen-bond donors (Lipinski definition) is 5. The number of aromatic amines is 1. The van der Waals surface area contributed by atoms with Gasteiger partial charge in [-0.1, -0.05) is 24.3 Å². The number of rotatable bonds is 5. The summed E-state index contributed by atoms with van der Waals surface area (Å²) in [5, 5.41) is 20.3. The van der Waals surface area contributed by atoms with Crippen molar-refractivity contribution in [2.24, 2.45) is 0 Å². The van der Waals surface area contributed by atoms with E-state index in [4.69, 9.17) is 25.5 Å². The largest absolute Gasteiger partial charge is 0.495 e. The van der Waals surface area contributed by atoms with E-state index in [9.17, 15) is 4.79 Å². The number of nitrogens with one attached hydrogen (secondary N) is 3. The highest BCUT2D eigenvalue weighted by atomic mass is 16.5. The number of piperidine rings is 1. The summed E-state index contributed by atoms with van der Waals surface area (Å²) in [6.07, 6.45) is 5.11. The average Bonchev–Trinajstić information content (AvgIpc) is 3.57. The number of carboxylic acid groups (broad SMARTS) is 1. The average molecular weight is 543 g/mol. The van der Waals surface area contributed by atoms with Gasteiger partial charge in [0, 0.05) is 29.6 Å². The molecule has 6 rings (SSSR count). The van der Waals surface area contributed by atoms with E-state index in [1.54, 1.807) is 13.3 Å². The number of aromatic nitrogens is 5. The first-order valence-electron chi connectivity index (χ1n) is 12.8. The Bertz CT molecular complexity index is 1680. The highest BCUT2D eigenvalue weighted by Crippen LogP contribution is 2.37. The number of carbonyl (C=O) groups excluding carboxylic acids is 1. The van der Waals surface area contributed by atoms with Crippen LogP contribution in [-0.4, -0.2) is 61.9 Å². The van der Waals surface area contributed by atoms with Gasteiger partial charge in [0.15, 0.2) is 5.65 Å². The highest BCUT2D eigenvalue weighted by Gasteiger charge is 2.24. The molecule has 1 saturated heterocycles. The van der Waals surface area contributed by atoms with E-state index in [1.807, 2.05) is 47.1 Å². The molecule has 1 amide bonds. The van der Waals surface area contributed by atoms with Crippen molar-refractivity contribution >= 4 is 45.3 Å². The molecule has 206 valence electrons. The summed E-state index contributed by atoms with van der Waals surface area (Å²) < 4.78 is 7.63. The summed E-state index contributed by atoms with van der Waals surface area (Å²) >= 11 is 0. The molecule has 5 aromatic rings. The van der Waals surface area contributed by atoms with E-state index in [0.29, 0.717) is 33.9 Å². The Morgan fingerprint density at radius 1 is 1.15 bits per heavy atom. The van der Waals surface area contributed by atoms with Crippen molar-refractivity contribution in [3.8, 4) is 17.0 Å². The topological polar surface area (TPSA) is 173 Å². The molecule has 0 radical (unpaired) electrons. The minimum atomic E-state index is -0.833. The minimum absolute atomic E-state index is 0.225. The zero-order chi connectivity index (χ0) is 28.2. The number of nitrogens with two attached hydrogens (primary N) is 1. The smallest absolute Gasteiger partial charge is 0.300 e. The Balaban J connectivity index is 0.000000758. The number of carboxylic acids is 1. The number of nitrogens with zero attached hydrogens (tertiary/aromatic N) is 4. The number of ether oxygens (including phenoxy) is 1. The molecule has 2 aromatic carbocycles. The Morgan fingerprint density at radius 2 is 1.90 bits per heavy atom. The van der Waals surface area contributed by atoms with Crippen LogP contribution in [0.3, 0.4) is 0 Å². The summed E-state index contributed by atoms with van der Waals surface area (Å²) in [5.41, 5.74) is 10.5. The summed E-state index contributed by atoms with van der Waals surface area (Å²) in [6, 6.07) is 13.5. The first kappa shape index (κ1) is 26.6. The van der Waals surface area contributed by atoms with Crippen LogP contribution < -0.4 is 21.1 Å². The molecule has 0 unspecified atom stereocenters. The predicted molar refractivity (Wildman–Crippen MR) is 152 cm³/mol. The number of para-hydroxylation sites is 1. The Kier molecular flexibility index (Phi) is 7.60. The van der Waals surface area contributed by atoms with E-state index in [2.05, 4.69) is 25.6 Å². The number of anilines is 2. The van der Waals surface area contributed by atoms with Gasteiger partial charge in [-0.05, 0) is 44.1 Å². The Morgan fingerprint density at radius 3 is 2.65 bits per heavy atom. The second-order valence-corrected chi connectivity index (χ2v) is 9.37. The third-order valence-corrected chi connectivity index (χ3v) is 6.73. The molecule has 4 heterocycles. The third-order valence-electron chi connectivity index (χ3n) is 6.73. The summed E-state index contributed by atoms with van der Waals surface area (Å²) in [6.45, 7) is 2.95. The molecular weight excluding hydrogens is 512 g/mol. The van der Waals surface area contributed by atoms with E-state index in [1.165, 1.54) is 6.33 Å². The van der Waals surface area contributed by atoms with E-state index in [-0.39, 0.29) is 11.9 Å². The molecular formula is C28H30N8O4. The first-order valence-corrected chi connectivity index (χ1v) is 12.8. The fraction of sp³-hybridized carbons (Fsp3) is 0.250. The van der Waals surface area contributed by atoms with Crippen molar-refractivity contribution in [2.45, 2.75) is 25.8 Å². The number of carbonyl (C=O) groups is 2. The normalized spacial score (nSPS) is 13.6. The van der Waals surface area contributed by atoms with Gasteiger partial charge in [0.05, 0.1) is 29.8 Å². The number of H-pyrrole nitrogens is 1. The first-order chi connectivity index (χ1) is 19.4. The lowest BCUT2D eigenvalue weighted by molar-refractivity contribution is -0.134. The molecule has 1 aliphatic heterocycles. The SMILES string of the molecule is CC(=O)O.COc1cc(-c2nn(C3CCNCC3)c3ncnc(N)c23)ccc1NC(=O)c1c[nH]c2ccccc12. The van der Waals surface area contributed by atoms with Gasteiger partial charge < -0.3 is 31.2 Å². The van der Waals surface area contributed by atoms with Crippen molar-refractivity contribution in [3.63, 3.8) is 0 Å². The number of fused-ring (bicyclic) bond motifs is 2. The number of amides is 1. The van der Waals surface area contributed by atoms with Gasteiger partial charge in [0.25, 0.3) is 11.9 Å². The Labute approximate surface area is 229 Å². The zero-order valence-corrected chi connectivity index (χ0v) is 22.1. The molecule has 12 heteroatoms. The number of nitrogen functional groups attached to an aromatic ring is 1. The summed E-state index contributed by atoms with van der Waals surface area (Å²) in [5.74, 6) is -0.164. The van der Waals surface area contributed by atoms with Gasteiger partial charge in [0.1, 0.15) is 23.6 Å². The van der Waals surface area contributed by atoms with Crippen LogP contribution in [0.5, 0.6) is 5.75 Å². The lowest BCUT2D eigenvalue weighted by Crippen LogP contribution is -2.30. The maximum atomic E-state index is 13.1. The van der Waals surface area contributed by atoms with Gasteiger partial charge in [-0.25, -0.2) is 14.6 Å². The van der Waals surface area contributed by atoms with Gasteiger partial charge >= 0.3 is 0 Å². The molecule has 0 bridgehead atoms. The second kappa shape index (κ2) is 11.4. The molecule has 0 saturated carbocycles. The van der Waals surface area contributed by atoms with Crippen molar-refractivity contribution < 1.29 is 19.4 Å². The van der Waals surface area contributed by atoms with Gasteiger partial charge in [-0.15, -0.1) is 0 Å². The lowest BCUT2D eigenvalue weighted by Gasteiger charge is -2.23. The van der Waals surface area contributed by atoms with Crippen LogP contribution >= 0.6 is 0 Å². The maximum Gasteiger partial charge on any atom is 0.300 e. The molecule has 40 heavy (non-hydrogen) atoms. The highest BCUT2D eigenvalue weighted by molar-refractivity contribution is 6.13. The van der Waals surface area contributed by atoms with Crippen LogP contribution in [-0.2, 0) is 4.79 Å². The van der Waals surface area contributed by atoms with Gasteiger partial charge in [-0.3, -0.25) is 9.59 Å². The summed E-state index contributed by atoms with van der Waals surface area (Å²) in [4.78, 5) is 33.9. The van der Waals surface area contributed by atoms with Crippen molar-refractivity contribution in [1.29, 1.82) is 0 Å². The van der Waals surface area contributed by atoms with Crippen LogP contribution in [0.2, 0.25) is 0 Å². The van der Waals surface area contributed by atoms with Crippen LogP contribution in [0.25, 0.3) is 33.2 Å². The number of hydrogen-bond acceptors (Lipinski definition) is 8. The van der Waals surface area contributed by atoms with Crippen LogP contribution in [0, 0.1) is 0 Å². The molecule has 1 aliphatic rings. The number of aliphatic carboxylic acids is 1. The number of methoxy groups -OCH3 is 1. The Hall–Kier alpha value is -4.97. The van der Waals surface area contributed by atoms with Crippen molar-refractivity contribution in [2.75, 3.05) is 31.2 Å². The quantitative estimate of drug-likeness (QED) is 0.221. The molecule has 12 nitrogen and oxygen atoms in total. The predicted octanol–water partition coefficient (Wildman–Crippen LogP) is 3.83. The van der Waals surface area contributed by atoms with E-state index in [0.717, 1.165) is 55.0 Å². The van der Waals surface area contributed by atoms with Crippen LogP contribution in [0.4, 0.5) is 11.5 Å². The minimum Gasteiger partial charge on any atom is -0.495 e. The van der Waals surface area contributed by atoms with Crippen molar-refractivity contribution in [3.05, 3.63) is 60.6 Å². The lowest BCUT2D eigenvalue weighted by atomic mass is 10.1. The fourth-order valence-electron chi connectivity index (χ4n) is 4.89. The maximum absolute atomic E-state index is 13.1. The van der Waals surface area contributed by atoms with Crippen molar-refractivity contribution in [1.82, 2.24) is 30.0 Å².